The van der Waals surface area contributed by atoms with Crippen molar-refractivity contribution in [3.05, 3.63) is 62.3 Å². The van der Waals surface area contributed by atoms with Gasteiger partial charge < -0.3 is 10.2 Å². The molecular formula is C19H22N4O4S. The van der Waals surface area contributed by atoms with Crippen molar-refractivity contribution in [3.8, 4) is 0 Å². The van der Waals surface area contributed by atoms with Crippen LogP contribution >= 0.6 is 11.3 Å². The molecule has 1 N–H and O–H groups in total. The average Bonchev–Trinajstić information content (AvgIpc) is 3.23. The van der Waals surface area contributed by atoms with Crippen LogP contribution in [-0.2, 0) is 11.3 Å². The lowest BCUT2D eigenvalue weighted by molar-refractivity contribution is -0.384. The van der Waals surface area contributed by atoms with Gasteiger partial charge in [0.25, 0.3) is 11.6 Å². The molecule has 8 nitrogen and oxygen atoms in total. The molecule has 9 heteroatoms. The van der Waals surface area contributed by atoms with Crippen molar-refractivity contribution < 1.29 is 14.5 Å². The topological polar surface area (TPSA) is 95.8 Å². The van der Waals surface area contributed by atoms with Crippen LogP contribution in [0.2, 0.25) is 0 Å². The number of non-ortho nitro benzene ring substituents is 1. The Balaban J connectivity index is 1.39. The lowest BCUT2D eigenvalue weighted by atomic mass is 10.1. The van der Waals surface area contributed by atoms with E-state index in [-0.39, 0.29) is 23.9 Å². The molecule has 0 radical (unpaired) electrons. The van der Waals surface area contributed by atoms with Crippen LogP contribution in [0.1, 0.15) is 21.7 Å². The van der Waals surface area contributed by atoms with E-state index < -0.39 is 4.92 Å². The van der Waals surface area contributed by atoms with Crippen LogP contribution in [0, 0.1) is 10.1 Å². The van der Waals surface area contributed by atoms with Crippen LogP contribution in [0.15, 0.2) is 41.8 Å². The molecule has 0 saturated carbocycles. The molecule has 2 aromatic rings. The Morgan fingerprint density at radius 2 is 1.93 bits per heavy atom. The van der Waals surface area contributed by atoms with Gasteiger partial charge in [-0.2, -0.15) is 0 Å². The predicted molar refractivity (Wildman–Crippen MR) is 106 cm³/mol. The second kappa shape index (κ2) is 9.43. The van der Waals surface area contributed by atoms with Crippen LogP contribution in [0.4, 0.5) is 5.69 Å². The van der Waals surface area contributed by atoms with Gasteiger partial charge in [0.1, 0.15) is 0 Å². The largest absolute Gasteiger partial charge is 0.351 e. The Morgan fingerprint density at radius 3 is 2.61 bits per heavy atom. The average molecular weight is 402 g/mol. The second-order valence-electron chi connectivity index (χ2n) is 6.57. The molecule has 2 amide bonds. The van der Waals surface area contributed by atoms with E-state index in [1.165, 1.54) is 17.4 Å². The molecule has 1 aromatic heterocycles. The molecule has 1 aromatic carbocycles. The van der Waals surface area contributed by atoms with Gasteiger partial charge in [-0.25, -0.2) is 0 Å². The SMILES string of the molecule is O=C(NCCC(=O)N1CCN(Cc2cccc([N+](=O)[O-])c2)CC1)c1cccs1. The highest BCUT2D eigenvalue weighted by molar-refractivity contribution is 7.12. The predicted octanol–water partition coefficient (Wildman–Crippen LogP) is 2.12. The van der Waals surface area contributed by atoms with Crippen molar-refractivity contribution in [2.75, 3.05) is 32.7 Å². The fraction of sp³-hybridized carbons (Fsp3) is 0.368. The lowest BCUT2D eigenvalue weighted by Crippen LogP contribution is -2.48. The maximum atomic E-state index is 12.3. The molecule has 28 heavy (non-hydrogen) atoms. The second-order valence-corrected chi connectivity index (χ2v) is 7.51. The normalized spacial score (nSPS) is 14.6. The van der Waals surface area contributed by atoms with Crippen molar-refractivity contribution in [2.45, 2.75) is 13.0 Å². The zero-order chi connectivity index (χ0) is 19.9. The molecule has 0 aliphatic carbocycles. The van der Waals surface area contributed by atoms with Crippen LogP contribution in [0.3, 0.4) is 0 Å². The zero-order valence-electron chi connectivity index (χ0n) is 15.4. The van der Waals surface area contributed by atoms with Crippen molar-refractivity contribution in [2.24, 2.45) is 0 Å². The molecule has 148 valence electrons. The van der Waals surface area contributed by atoms with Gasteiger partial charge in [0.05, 0.1) is 9.80 Å². The minimum atomic E-state index is -0.392. The number of hydrogen-bond acceptors (Lipinski definition) is 6. The minimum Gasteiger partial charge on any atom is -0.351 e. The molecule has 0 atom stereocenters. The number of nitrogens with zero attached hydrogens (tertiary/aromatic N) is 3. The van der Waals surface area contributed by atoms with Crippen LogP contribution in [0.5, 0.6) is 0 Å². The van der Waals surface area contributed by atoms with Gasteiger partial charge in [0, 0.05) is 57.8 Å². The van der Waals surface area contributed by atoms with E-state index in [1.54, 1.807) is 23.1 Å². The molecule has 1 aliphatic heterocycles. The molecule has 1 saturated heterocycles. The summed E-state index contributed by atoms with van der Waals surface area (Å²) in [5.74, 6) is -0.119. The monoisotopic (exact) mass is 402 g/mol. The molecule has 0 bridgehead atoms. The lowest BCUT2D eigenvalue weighted by Gasteiger charge is -2.34. The first-order valence-electron chi connectivity index (χ1n) is 9.08. The first-order chi connectivity index (χ1) is 13.5. The van der Waals surface area contributed by atoms with Gasteiger partial charge in [-0.3, -0.25) is 24.6 Å². The Labute approximate surface area is 166 Å². The fourth-order valence-corrected chi connectivity index (χ4v) is 3.76. The number of nitrogens with one attached hydrogen (secondary N) is 1. The van der Waals surface area contributed by atoms with E-state index in [2.05, 4.69) is 10.2 Å². The van der Waals surface area contributed by atoms with E-state index in [0.29, 0.717) is 31.1 Å². The van der Waals surface area contributed by atoms with E-state index in [0.717, 1.165) is 18.7 Å². The minimum absolute atomic E-state index is 0.0291. The first kappa shape index (κ1) is 20.0. The van der Waals surface area contributed by atoms with Crippen LogP contribution in [0.25, 0.3) is 0 Å². The number of amides is 2. The highest BCUT2D eigenvalue weighted by atomic mass is 32.1. The maximum absolute atomic E-state index is 12.3. The van der Waals surface area contributed by atoms with Crippen molar-refractivity contribution in [1.29, 1.82) is 0 Å². The smallest absolute Gasteiger partial charge is 0.269 e. The summed E-state index contributed by atoms with van der Waals surface area (Å²) in [4.78, 5) is 39.3. The third-order valence-electron chi connectivity index (χ3n) is 4.62. The third-order valence-corrected chi connectivity index (χ3v) is 5.49. The molecule has 0 unspecified atom stereocenters. The van der Waals surface area contributed by atoms with Crippen LogP contribution in [-0.4, -0.2) is 59.3 Å². The summed E-state index contributed by atoms with van der Waals surface area (Å²) < 4.78 is 0. The van der Waals surface area contributed by atoms with Crippen LogP contribution < -0.4 is 5.32 Å². The highest BCUT2D eigenvalue weighted by Gasteiger charge is 2.21. The number of carbonyl (C=O) groups excluding carboxylic acids is 2. The fourth-order valence-electron chi connectivity index (χ4n) is 3.12. The summed E-state index contributed by atoms with van der Waals surface area (Å²) >= 11 is 1.37. The third kappa shape index (κ3) is 5.37. The molecular weight excluding hydrogens is 380 g/mol. The number of benzene rings is 1. The highest BCUT2D eigenvalue weighted by Crippen LogP contribution is 2.16. The van der Waals surface area contributed by atoms with E-state index in [4.69, 9.17) is 0 Å². The molecule has 3 rings (SSSR count). The van der Waals surface area contributed by atoms with E-state index in [9.17, 15) is 19.7 Å². The molecule has 1 fully saturated rings. The number of rotatable bonds is 7. The Kier molecular flexibility index (Phi) is 6.72. The standard InChI is InChI=1S/C19H22N4O4S/c24-18(6-7-20-19(25)17-5-2-12-28-17)22-10-8-21(9-11-22)14-15-3-1-4-16(13-15)23(26)27/h1-5,12-13H,6-11,14H2,(H,20,25). The van der Waals surface area contributed by atoms with Gasteiger partial charge in [0.2, 0.25) is 5.91 Å². The van der Waals surface area contributed by atoms with Gasteiger partial charge in [-0.1, -0.05) is 18.2 Å². The van der Waals surface area contributed by atoms with Crippen molar-refractivity contribution in [3.63, 3.8) is 0 Å². The maximum Gasteiger partial charge on any atom is 0.269 e. The Morgan fingerprint density at radius 1 is 1.14 bits per heavy atom. The molecule has 0 spiro atoms. The molecule has 1 aliphatic rings. The number of hydrogen-bond donors (Lipinski definition) is 1. The summed E-state index contributed by atoms with van der Waals surface area (Å²) in [5, 5.41) is 15.5. The summed E-state index contributed by atoms with van der Waals surface area (Å²) in [6, 6.07) is 10.2. The van der Waals surface area contributed by atoms with Gasteiger partial charge in [-0.15, -0.1) is 11.3 Å². The summed E-state index contributed by atoms with van der Waals surface area (Å²) in [7, 11) is 0. The van der Waals surface area contributed by atoms with Crippen molar-refractivity contribution >= 4 is 28.8 Å². The number of carbonyl (C=O) groups is 2. The first-order valence-corrected chi connectivity index (χ1v) is 9.96. The number of piperazine rings is 1. The van der Waals surface area contributed by atoms with Gasteiger partial charge in [0.15, 0.2) is 0 Å². The summed E-state index contributed by atoms with van der Waals surface area (Å²) in [6.07, 6.45) is 0.280. The summed E-state index contributed by atoms with van der Waals surface area (Å²) in [5.41, 5.74) is 0.987. The Hall–Kier alpha value is -2.78. The van der Waals surface area contributed by atoms with E-state index >= 15 is 0 Å². The van der Waals surface area contributed by atoms with Gasteiger partial charge in [-0.05, 0) is 17.0 Å². The zero-order valence-corrected chi connectivity index (χ0v) is 16.2. The van der Waals surface area contributed by atoms with E-state index in [1.807, 2.05) is 17.5 Å². The number of nitro groups is 1. The Bertz CT molecular complexity index is 832. The quantitative estimate of drug-likeness (QED) is 0.565. The number of nitro benzene ring substituents is 1. The van der Waals surface area contributed by atoms with Crippen molar-refractivity contribution in [1.82, 2.24) is 15.1 Å². The molecule has 2 heterocycles. The summed E-state index contributed by atoms with van der Waals surface area (Å²) in [6.45, 7) is 3.62. The van der Waals surface area contributed by atoms with Gasteiger partial charge >= 0.3 is 0 Å². The number of thiophene rings is 1.